The summed E-state index contributed by atoms with van der Waals surface area (Å²) in [6.07, 6.45) is -1.18. The van der Waals surface area contributed by atoms with Gasteiger partial charge in [0, 0.05) is 17.3 Å². The molecule has 14 heavy (non-hydrogen) atoms. The zero-order valence-electron chi connectivity index (χ0n) is 7.40. The number of aliphatic hydroxyl groups excluding tert-OH is 1. The smallest absolute Gasteiger partial charge is 0.254 e. The molecule has 0 saturated heterocycles. The summed E-state index contributed by atoms with van der Waals surface area (Å²) in [6, 6.07) is 6.57. The van der Waals surface area contributed by atoms with Crippen molar-refractivity contribution in [3.05, 3.63) is 29.3 Å². The average Bonchev–Trinajstić information content (AvgIpc) is 2.20. The standard InChI is InChI=1S/C9H11ClN2O2/c10-6-1-3-7(4-2-6)12-9(14)8(13)5-11/h1-4,8,13H,5,11H2,(H,12,14). The first-order valence-electron chi connectivity index (χ1n) is 4.08. The highest BCUT2D eigenvalue weighted by molar-refractivity contribution is 6.30. The fourth-order valence-corrected chi connectivity index (χ4v) is 0.992. The molecule has 1 aromatic rings. The summed E-state index contributed by atoms with van der Waals surface area (Å²) in [7, 11) is 0. The summed E-state index contributed by atoms with van der Waals surface area (Å²) >= 11 is 5.66. The number of nitrogens with one attached hydrogen (secondary N) is 1. The van der Waals surface area contributed by atoms with Crippen molar-refractivity contribution in [1.82, 2.24) is 0 Å². The van der Waals surface area contributed by atoms with Crippen molar-refractivity contribution in [3.63, 3.8) is 0 Å². The molecule has 4 nitrogen and oxygen atoms in total. The lowest BCUT2D eigenvalue weighted by Crippen LogP contribution is -2.34. The van der Waals surface area contributed by atoms with Gasteiger partial charge < -0.3 is 16.2 Å². The van der Waals surface area contributed by atoms with Crippen LogP contribution in [-0.2, 0) is 4.79 Å². The Bertz CT molecular complexity index is 313. The second-order valence-electron chi connectivity index (χ2n) is 2.75. The van der Waals surface area contributed by atoms with Gasteiger partial charge in [-0.2, -0.15) is 0 Å². The number of aliphatic hydroxyl groups is 1. The number of rotatable bonds is 3. The number of carbonyl (C=O) groups is 1. The molecule has 0 aliphatic carbocycles. The molecule has 0 spiro atoms. The van der Waals surface area contributed by atoms with Gasteiger partial charge in [-0.15, -0.1) is 0 Å². The lowest BCUT2D eigenvalue weighted by atomic mass is 10.3. The van der Waals surface area contributed by atoms with Gasteiger partial charge in [0.2, 0.25) is 0 Å². The highest BCUT2D eigenvalue weighted by atomic mass is 35.5. The van der Waals surface area contributed by atoms with Crippen LogP contribution in [-0.4, -0.2) is 23.7 Å². The van der Waals surface area contributed by atoms with E-state index in [1.807, 2.05) is 0 Å². The van der Waals surface area contributed by atoms with Crippen LogP contribution in [0, 0.1) is 0 Å². The van der Waals surface area contributed by atoms with Gasteiger partial charge in [0.05, 0.1) is 0 Å². The Morgan fingerprint density at radius 3 is 2.57 bits per heavy atom. The molecule has 0 heterocycles. The molecular formula is C9H11ClN2O2. The number of nitrogens with two attached hydrogens (primary N) is 1. The number of hydrogen-bond donors (Lipinski definition) is 3. The van der Waals surface area contributed by atoms with Gasteiger partial charge in [-0.25, -0.2) is 0 Å². The maximum atomic E-state index is 11.2. The normalized spacial score (nSPS) is 12.2. The zero-order chi connectivity index (χ0) is 10.6. The predicted octanol–water partition coefficient (Wildman–Crippen LogP) is 0.598. The Labute approximate surface area is 86.7 Å². The van der Waals surface area contributed by atoms with E-state index in [0.717, 1.165) is 0 Å². The van der Waals surface area contributed by atoms with Gasteiger partial charge in [-0.1, -0.05) is 11.6 Å². The van der Waals surface area contributed by atoms with E-state index in [-0.39, 0.29) is 6.54 Å². The molecule has 1 atom stereocenters. The fraction of sp³-hybridized carbons (Fsp3) is 0.222. The fourth-order valence-electron chi connectivity index (χ4n) is 0.866. The molecule has 0 bridgehead atoms. The molecule has 0 fully saturated rings. The molecule has 0 radical (unpaired) electrons. The Hall–Kier alpha value is -1.10. The van der Waals surface area contributed by atoms with E-state index in [9.17, 15) is 4.79 Å². The molecule has 0 saturated carbocycles. The Morgan fingerprint density at radius 1 is 1.50 bits per heavy atom. The van der Waals surface area contributed by atoms with Crippen molar-refractivity contribution in [3.8, 4) is 0 Å². The molecule has 1 rings (SSSR count). The van der Waals surface area contributed by atoms with Crippen LogP contribution < -0.4 is 11.1 Å². The van der Waals surface area contributed by atoms with Gasteiger partial charge in [-0.3, -0.25) is 4.79 Å². The van der Waals surface area contributed by atoms with Gasteiger partial charge >= 0.3 is 0 Å². The van der Waals surface area contributed by atoms with E-state index in [1.165, 1.54) is 0 Å². The number of carbonyl (C=O) groups excluding carboxylic acids is 1. The van der Waals surface area contributed by atoms with Crippen LogP contribution in [0.1, 0.15) is 0 Å². The van der Waals surface area contributed by atoms with Crippen LogP contribution >= 0.6 is 11.6 Å². The molecule has 1 unspecified atom stereocenters. The van der Waals surface area contributed by atoms with Gasteiger partial charge in [0.15, 0.2) is 0 Å². The van der Waals surface area contributed by atoms with E-state index < -0.39 is 12.0 Å². The summed E-state index contributed by atoms with van der Waals surface area (Å²) in [5.74, 6) is -0.519. The topological polar surface area (TPSA) is 75.3 Å². The van der Waals surface area contributed by atoms with Crippen LogP contribution in [0.2, 0.25) is 5.02 Å². The van der Waals surface area contributed by atoms with Gasteiger partial charge in [0.1, 0.15) is 6.10 Å². The molecule has 0 aliphatic rings. The molecule has 5 heteroatoms. The molecule has 0 aromatic heterocycles. The molecule has 0 aliphatic heterocycles. The first-order chi connectivity index (χ1) is 6.63. The largest absolute Gasteiger partial charge is 0.382 e. The van der Waals surface area contributed by atoms with Crippen molar-refractivity contribution in [1.29, 1.82) is 0 Å². The van der Waals surface area contributed by atoms with Crippen molar-refractivity contribution in [2.24, 2.45) is 5.73 Å². The maximum Gasteiger partial charge on any atom is 0.254 e. The highest BCUT2D eigenvalue weighted by Crippen LogP contribution is 2.13. The Balaban J connectivity index is 2.60. The van der Waals surface area contributed by atoms with E-state index in [1.54, 1.807) is 24.3 Å². The number of amides is 1. The van der Waals surface area contributed by atoms with Crippen LogP contribution in [0.25, 0.3) is 0 Å². The molecule has 4 N–H and O–H groups in total. The first-order valence-corrected chi connectivity index (χ1v) is 4.46. The molecule has 76 valence electrons. The minimum Gasteiger partial charge on any atom is -0.382 e. The number of benzene rings is 1. The molecule has 1 aromatic carbocycles. The number of halogens is 1. The second-order valence-corrected chi connectivity index (χ2v) is 3.18. The van der Waals surface area contributed by atoms with Gasteiger partial charge in [0.25, 0.3) is 5.91 Å². The predicted molar refractivity (Wildman–Crippen MR) is 55.1 cm³/mol. The number of hydrogen-bond acceptors (Lipinski definition) is 3. The Morgan fingerprint density at radius 2 is 2.07 bits per heavy atom. The lowest BCUT2D eigenvalue weighted by Gasteiger charge is -2.08. The summed E-state index contributed by atoms with van der Waals surface area (Å²) in [5.41, 5.74) is 5.69. The minimum absolute atomic E-state index is 0.0978. The van der Waals surface area contributed by atoms with E-state index >= 15 is 0 Å². The van der Waals surface area contributed by atoms with Crippen molar-refractivity contribution >= 4 is 23.2 Å². The summed E-state index contributed by atoms with van der Waals surface area (Å²) in [6.45, 7) is -0.0978. The van der Waals surface area contributed by atoms with Crippen LogP contribution in [0.4, 0.5) is 5.69 Å². The van der Waals surface area contributed by atoms with E-state index in [0.29, 0.717) is 10.7 Å². The maximum absolute atomic E-state index is 11.2. The third kappa shape index (κ3) is 2.99. The highest BCUT2D eigenvalue weighted by Gasteiger charge is 2.12. The second kappa shape index (κ2) is 4.95. The van der Waals surface area contributed by atoms with Crippen molar-refractivity contribution in [2.75, 3.05) is 11.9 Å². The average molecular weight is 215 g/mol. The number of anilines is 1. The summed E-state index contributed by atoms with van der Waals surface area (Å²) in [5, 5.41) is 12.2. The lowest BCUT2D eigenvalue weighted by molar-refractivity contribution is -0.123. The zero-order valence-corrected chi connectivity index (χ0v) is 8.16. The van der Waals surface area contributed by atoms with E-state index in [4.69, 9.17) is 22.4 Å². The summed E-state index contributed by atoms with van der Waals surface area (Å²) in [4.78, 5) is 11.2. The third-order valence-electron chi connectivity index (χ3n) is 1.64. The summed E-state index contributed by atoms with van der Waals surface area (Å²) < 4.78 is 0. The van der Waals surface area contributed by atoms with Crippen LogP contribution in [0.3, 0.4) is 0 Å². The van der Waals surface area contributed by atoms with Crippen LogP contribution in [0.5, 0.6) is 0 Å². The molecule has 1 amide bonds. The van der Waals surface area contributed by atoms with Crippen LogP contribution in [0.15, 0.2) is 24.3 Å². The van der Waals surface area contributed by atoms with Crippen molar-refractivity contribution in [2.45, 2.75) is 6.10 Å². The Kier molecular flexibility index (Phi) is 3.88. The van der Waals surface area contributed by atoms with E-state index in [2.05, 4.69) is 5.32 Å². The quantitative estimate of drug-likeness (QED) is 0.690. The monoisotopic (exact) mass is 214 g/mol. The third-order valence-corrected chi connectivity index (χ3v) is 1.89. The first kappa shape index (κ1) is 11.0. The van der Waals surface area contributed by atoms with Crippen molar-refractivity contribution < 1.29 is 9.90 Å². The SMILES string of the molecule is NCC(O)C(=O)Nc1ccc(Cl)cc1. The van der Waals surface area contributed by atoms with Gasteiger partial charge in [-0.05, 0) is 24.3 Å². The molecular weight excluding hydrogens is 204 g/mol. The minimum atomic E-state index is -1.18.